The number of hydrogen-bond acceptors (Lipinski definition) is 5. The minimum absolute atomic E-state index is 0.0494. The Bertz CT molecular complexity index is 312. The summed E-state index contributed by atoms with van der Waals surface area (Å²) in [6.45, 7) is 4.20. The molecule has 0 fully saturated rings. The Morgan fingerprint density at radius 2 is 2.36 bits per heavy atom. The van der Waals surface area contributed by atoms with Crippen LogP contribution in [0.1, 0.15) is 18.4 Å². The Balaban J connectivity index is 2.48. The van der Waals surface area contributed by atoms with Gasteiger partial charge in [0.25, 0.3) is 0 Å². The SMILES string of the molecule is Cc1nnc(NC(=O)C(C)CCN)s1. The van der Waals surface area contributed by atoms with Crippen LogP contribution in [-0.4, -0.2) is 22.6 Å². The van der Waals surface area contributed by atoms with Crippen molar-refractivity contribution in [2.45, 2.75) is 20.3 Å². The first kappa shape index (κ1) is 11.1. The first-order valence-corrected chi connectivity index (χ1v) is 5.26. The Morgan fingerprint density at radius 3 is 2.86 bits per heavy atom. The molecule has 1 rings (SSSR count). The number of aryl methyl sites for hydroxylation is 1. The molecule has 0 aliphatic rings. The fourth-order valence-corrected chi connectivity index (χ4v) is 1.55. The van der Waals surface area contributed by atoms with E-state index in [1.165, 1.54) is 11.3 Å². The summed E-state index contributed by atoms with van der Waals surface area (Å²) < 4.78 is 0. The zero-order chi connectivity index (χ0) is 10.6. The molecule has 0 saturated heterocycles. The lowest BCUT2D eigenvalue weighted by Gasteiger charge is -2.07. The van der Waals surface area contributed by atoms with Crippen molar-refractivity contribution in [1.29, 1.82) is 0 Å². The number of nitrogens with zero attached hydrogens (tertiary/aromatic N) is 2. The smallest absolute Gasteiger partial charge is 0.229 e. The summed E-state index contributed by atoms with van der Waals surface area (Å²) in [5.41, 5.74) is 5.36. The molecule has 1 aromatic rings. The third kappa shape index (κ3) is 3.04. The number of nitrogens with two attached hydrogens (primary N) is 1. The van der Waals surface area contributed by atoms with E-state index in [9.17, 15) is 4.79 Å². The Morgan fingerprint density at radius 1 is 1.64 bits per heavy atom. The molecule has 0 spiro atoms. The highest BCUT2D eigenvalue weighted by Gasteiger charge is 2.13. The van der Waals surface area contributed by atoms with Gasteiger partial charge in [0, 0.05) is 5.92 Å². The van der Waals surface area contributed by atoms with Gasteiger partial charge < -0.3 is 11.1 Å². The molecular weight excluding hydrogens is 200 g/mol. The van der Waals surface area contributed by atoms with E-state index in [1.807, 2.05) is 13.8 Å². The summed E-state index contributed by atoms with van der Waals surface area (Å²) in [4.78, 5) is 11.5. The zero-order valence-corrected chi connectivity index (χ0v) is 9.10. The van der Waals surface area contributed by atoms with Crippen LogP contribution in [0.15, 0.2) is 0 Å². The van der Waals surface area contributed by atoms with Gasteiger partial charge in [-0.1, -0.05) is 18.3 Å². The summed E-state index contributed by atoms with van der Waals surface area (Å²) in [5, 5.41) is 11.7. The molecule has 0 saturated carbocycles. The molecule has 0 radical (unpaired) electrons. The molecular formula is C8H14N4OS. The van der Waals surface area contributed by atoms with E-state index in [2.05, 4.69) is 15.5 Å². The van der Waals surface area contributed by atoms with Crippen molar-refractivity contribution in [1.82, 2.24) is 10.2 Å². The van der Waals surface area contributed by atoms with E-state index in [1.54, 1.807) is 0 Å². The minimum Gasteiger partial charge on any atom is -0.330 e. The second-order valence-electron chi connectivity index (χ2n) is 3.09. The van der Waals surface area contributed by atoms with Crippen LogP contribution in [0.4, 0.5) is 5.13 Å². The monoisotopic (exact) mass is 214 g/mol. The second kappa shape index (κ2) is 5.02. The van der Waals surface area contributed by atoms with Gasteiger partial charge in [-0.3, -0.25) is 4.79 Å². The van der Waals surface area contributed by atoms with Gasteiger partial charge in [-0.15, -0.1) is 10.2 Å². The van der Waals surface area contributed by atoms with Gasteiger partial charge in [0.1, 0.15) is 5.01 Å². The van der Waals surface area contributed by atoms with E-state index in [0.29, 0.717) is 18.1 Å². The van der Waals surface area contributed by atoms with Crippen molar-refractivity contribution in [2.24, 2.45) is 11.7 Å². The summed E-state index contributed by atoms with van der Waals surface area (Å²) >= 11 is 1.37. The molecule has 1 unspecified atom stereocenters. The van der Waals surface area contributed by atoms with Crippen molar-refractivity contribution in [2.75, 3.05) is 11.9 Å². The van der Waals surface area contributed by atoms with Crippen LogP contribution in [0, 0.1) is 12.8 Å². The quantitative estimate of drug-likeness (QED) is 0.775. The number of nitrogens with one attached hydrogen (secondary N) is 1. The first-order valence-electron chi connectivity index (χ1n) is 4.44. The number of rotatable bonds is 4. The summed E-state index contributed by atoms with van der Waals surface area (Å²) in [5.74, 6) is -0.129. The molecule has 1 amide bonds. The lowest BCUT2D eigenvalue weighted by molar-refractivity contribution is -0.119. The highest BCUT2D eigenvalue weighted by Crippen LogP contribution is 2.15. The van der Waals surface area contributed by atoms with Crippen LogP contribution in [-0.2, 0) is 4.79 Å². The Labute approximate surface area is 86.7 Å². The standard InChI is InChI=1S/C8H14N4OS/c1-5(3-4-9)7(13)10-8-12-11-6(2)14-8/h5H,3-4,9H2,1-2H3,(H,10,12,13). The normalized spacial score (nSPS) is 12.5. The van der Waals surface area contributed by atoms with Gasteiger partial charge in [-0.25, -0.2) is 0 Å². The lowest BCUT2D eigenvalue weighted by Crippen LogP contribution is -2.22. The summed E-state index contributed by atoms with van der Waals surface area (Å²) in [6, 6.07) is 0. The highest BCUT2D eigenvalue weighted by molar-refractivity contribution is 7.15. The maximum atomic E-state index is 11.5. The first-order chi connectivity index (χ1) is 6.63. The van der Waals surface area contributed by atoms with Crippen molar-refractivity contribution in [3.8, 4) is 0 Å². The molecule has 1 atom stereocenters. The van der Waals surface area contributed by atoms with Gasteiger partial charge in [0.05, 0.1) is 0 Å². The highest BCUT2D eigenvalue weighted by atomic mass is 32.1. The molecule has 1 heterocycles. The predicted octanol–water partition coefficient (Wildman–Crippen LogP) is 0.770. The number of hydrogen-bond donors (Lipinski definition) is 2. The third-order valence-corrected chi connectivity index (χ3v) is 2.56. The van der Waals surface area contributed by atoms with Crippen molar-refractivity contribution in [3.05, 3.63) is 5.01 Å². The van der Waals surface area contributed by atoms with Crippen molar-refractivity contribution >= 4 is 22.4 Å². The molecule has 0 aliphatic carbocycles. The number of carbonyl (C=O) groups excluding carboxylic acids is 1. The summed E-state index contributed by atoms with van der Waals surface area (Å²) in [6.07, 6.45) is 0.684. The van der Waals surface area contributed by atoms with Crippen LogP contribution in [0.3, 0.4) is 0 Å². The van der Waals surface area contributed by atoms with E-state index < -0.39 is 0 Å². The fraction of sp³-hybridized carbons (Fsp3) is 0.625. The number of carbonyl (C=O) groups is 1. The van der Waals surface area contributed by atoms with Crippen LogP contribution in [0.5, 0.6) is 0 Å². The van der Waals surface area contributed by atoms with Crippen molar-refractivity contribution < 1.29 is 4.79 Å². The van der Waals surface area contributed by atoms with Gasteiger partial charge in [0.2, 0.25) is 11.0 Å². The molecule has 5 nitrogen and oxygen atoms in total. The molecule has 0 bridgehead atoms. The van der Waals surface area contributed by atoms with Crippen LogP contribution >= 0.6 is 11.3 Å². The van der Waals surface area contributed by atoms with Gasteiger partial charge in [-0.2, -0.15) is 0 Å². The summed E-state index contributed by atoms with van der Waals surface area (Å²) in [7, 11) is 0. The molecule has 0 aliphatic heterocycles. The number of aromatic nitrogens is 2. The third-order valence-electron chi connectivity index (χ3n) is 1.80. The van der Waals surface area contributed by atoms with Gasteiger partial charge >= 0.3 is 0 Å². The Kier molecular flexibility index (Phi) is 3.97. The van der Waals surface area contributed by atoms with Gasteiger partial charge in [-0.05, 0) is 19.9 Å². The van der Waals surface area contributed by atoms with Crippen LogP contribution in [0.2, 0.25) is 0 Å². The Hall–Kier alpha value is -1.01. The molecule has 14 heavy (non-hydrogen) atoms. The largest absolute Gasteiger partial charge is 0.330 e. The van der Waals surface area contributed by atoms with Gasteiger partial charge in [0.15, 0.2) is 0 Å². The van der Waals surface area contributed by atoms with Crippen LogP contribution < -0.4 is 11.1 Å². The van der Waals surface area contributed by atoms with Crippen LogP contribution in [0.25, 0.3) is 0 Å². The molecule has 0 aromatic carbocycles. The topological polar surface area (TPSA) is 80.9 Å². The van der Waals surface area contributed by atoms with E-state index in [-0.39, 0.29) is 11.8 Å². The van der Waals surface area contributed by atoms with E-state index in [0.717, 1.165) is 5.01 Å². The molecule has 1 aromatic heterocycles. The average molecular weight is 214 g/mol. The zero-order valence-electron chi connectivity index (χ0n) is 8.28. The second-order valence-corrected chi connectivity index (χ2v) is 4.28. The molecule has 78 valence electrons. The lowest BCUT2D eigenvalue weighted by atomic mass is 10.1. The average Bonchev–Trinajstić information content (AvgIpc) is 2.51. The fourth-order valence-electron chi connectivity index (χ4n) is 0.957. The van der Waals surface area contributed by atoms with E-state index in [4.69, 9.17) is 5.73 Å². The van der Waals surface area contributed by atoms with Crippen molar-refractivity contribution in [3.63, 3.8) is 0 Å². The number of amides is 1. The maximum Gasteiger partial charge on any atom is 0.229 e. The number of anilines is 1. The molecule has 6 heteroatoms. The maximum absolute atomic E-state index is 11.5. The van der Waals surface area contributed by atoms with E-state index >= 15 is 0 Å². The molecule has 3 N–H and O–H groups in total. The minimum atomic E-state index is -0.0794. The predicted molar refractivity (Wildman–Crippen MR) is 56.1 cm³/mol.